The van der Waals surface area contributed by atoms with E-state index >= 15 is 0 Å². The number of hydrogen-bond donors (Lipinski definition) is 3. The predicted octanol–water partition coefficient (Wildman–Crippen LogP) is -1.25. The minimum atomic E-state index is -0.463. The summed E-state index contributed by atoms with van der Waals surface area (Å²) in [5.41, 5.74) is 0. The number of rotatable bonds is 5. The van der Waals surface area contributed by atoms with E-state index < -0.39 is 6.03 Å². The normalized spacial score (nSPS) is 20.4. The first-order valence-electron chi connectivity index (χ1n) is 6.15. The lowest BCUT2D eigenvalue weighted by molar-refractivity contribution is -0.120. The average molecular weight is 258 g/mol. The molecule has 0 aromatic heterocycles. The van der Waals surface area contributed by atoms with Gasteiger partial charge in [-0.15, -0.1) is 0 Å². The Labute approximate surface area is 107 Å². The summed E-state index contributed by atoms with van der Waals surface area (Å²) in [6.07, 6.45) is 0.491. The van der Waals surface area contributed by atoms with Crippen LogP contribution in [0.4, 0.5) is 4.79 Å². The lowest BCUT2D eigenvalue weighted by Crippen LogP contribution is -2.47. The number of morpholine rings is 1. The minimum absolute atomic E-state index is 0.172. The highest BCUT2D eigenvalue weighted by Gasteiger charge is 2.20. The van der Waals surface area contributed by atoms with Gasteiger partial charge in [-0.1, -0.05) is 0 Å². The molecule has 18 heavy (non-hydrogen) atoms. The van der Waals surface area contributed by atoms with Gasteiger partial charge in [0, 0.05) is 39.6 Å². The number of nitrogens with zero attached hydrogens (tertiary/aromatic N) is 1. The molecule has 3 N–H and O–H groups in total. The lowest BCUT2D eigenvalue weighted by atomic mass is 10.2. The zero-order chi connectivity index (χ0) is 13.4. The van der Waals surface area contributed by atoms with Crippen molar-refractivity contribution in [2.45, 2.75) is 12.5 Å². The van der Waals surface area contributed by atoms with Crippen LogP contribution in [-0.4, -0.2) is 69.8 Å². The third kappa shape index (κ3) is 5.44. The maximum atomic E-state index is 11.4. The molecule has 1 heterocycles. The van der Waals surface area contributed by atoms with Crippen LogP contribution in [0.15, 0.2) is 0 Å². The average Bonchev–Trinajstić information content (AvgIpc) is 2.37. The molecule has 0 spiro atoms. The molecule has 3 amide bonds. The van der Waals surface area contributed by atoms with Crippen LogP contribution in [0.5, 0.6) is 0 Å². The largest absolute Gasteiger partial charge is 0.374 e. The summed E-state index contributed by atoms with van der Waals surface area (Å²) in [5.74, 6) is -0.258. The number of amides is 3. The van der Waals surface area contributed by atoms with E-state index in [4.69, 9.17) is 4.74 Å². The van der Waals surface area contributed by atoms with Gasteiger partial charge in [-0.25, -0.2) is 4.79 Å². The summed E-state index contributed by atoms with van der Waals surface area (Å²) in [6.45, 7) is 3.78. The molecule has 0 aromatic rings. The molecule has 1 atom stereocenters. The molecule has 1 aliphatic heterocycles. The molecule has 1 unspecified atom stereocenters. The van der Waals surface area contributed by atoms with E-state index in [0.717, 1.165) is 19.6 Å². The van der Waals surface area contributed by atoms with Crippen molar-refractivity contribution in [1.82, 2.24) is 20.9 Å². The monoisotopic (exact) mass is 258 g/mol. The Balaban J connectivity index is 2.21. The number of nitrogens with one attached hydrogen (secondary N) is 3. The van der Waals surface area contributed by atoms with Crippen molar-refractivity contribution in [2.75, 3.05) is 46.9 Å². The Morgan fingerprint density at radius 3 is 2.83 bits per heavy atom. The summed E-state index contributed by atoms with van der Waals surface area (Å²) in [7, 11) is 3.37. The van der Waals surface area contributed by atoms with Gasteiger partial charge in [0.05, 0.1) is 12.7 Å². The summed E-state index contributed by atoms with van der Waals surface area (Å²) >= 11 is 0. The van der Waals surface area contributed by atoms with Gasteiger partial charge in [-0.3, -0.25) is 15.0 Å². The summed E-state index contributed by atoms with van der Waals surface area (Å²) in [6, 6.07) is -0.463. The van der Waals surface area contributed by atoms with Crippen LogP contribution in [0.2, 0.25) is 0 Å². The third-order valence-corrected chi connectivity index (χ3v) is 2.79. The molecule has 1 fully saturated rings. The molecular weight excluding hydrogens is 236 g/mol. The molecular formula is C11H22N4O3. The zero-order valence-corrected chi connectivity index (χ0v) is 11.0. The first-order chi connectivity index (χ1) is 8.65. The molecule has 0 saturated carbocycles. The summed E-state index contributed by atoms with van der Waals surface area (Å²) in [5, 5.41) is 7.66. The highest BCUT2D eigenvalue weighted by atomic mass is 16.5. The number of urea groups is 1. The standard InChI is InChI=1S/C11H22N4O3/c1-12-7-9-8-15(5-6-18-9)4-3-10(16)14-11(17)13-2/h9,12H,3-8H2,1-2H3,(H2,13,14,16,17). The summed E-state index contributed by atoms with van der Waals surface area (Å²) < 4.78 is 5.57. The first kappa shape index (κ1) is 14.9. The van der Waals surface area contributed by atoms with Crippen LogP contribution in [0.3, 0.4) is 0 Å². The van der Waals surface area contributed by atoms with Crippen molar-refractivity contribution in [1.29, 1.82) is 0 Å². The Kier molecular flexibility index (Phi) is 6.63. The third-order valence-electron chi connectivity index (χ3n) is 2.79. The molecule has 1 aliphatic rings. The number of carbonyl (C=O) groups excluding carboxylic acids is 2. The number of ether oxygens (including phenoxy) is 1. The summed E-state index contributed by atoms with van der Waals surface area (Å²) in [4.78, 5) is 24.5. The second-order valence-corrected chi connectivity index (χ2v) is 4.23. The SMILES string of the molecule is CNCC1CN(CCC(=O)NC(=O)NC)CCO1. The number of likely N-dealkylation sites (N-methyl/N-ethyl adjacent to an activating group) is 1. The quantitative estimate of drug-likeness (QED) is 0.574. The molecule has 1 rings (SSSR count). The Morgan fingerprint density at radius 2 is 2.17 bits per heavy atom. The van der Waals surface area contributed by atoms with Crippen molar-refractivity contribution >= 4 is 11.9 Å². The highest BCUT2D eigenvalue weighted by molar-refractivity contribution is 5.94. The predicted molar refractivity (Wildman–Crippen MR) is 67.3 cm³/mol. The smallest absolute Gasteiger partial charge is 0.321 e. The maximum Gasteiger partial charge on any atom is 0.321 e. The van der Waals surface area contributed by atoms with Gasteiger partial charge in [-0.05, 0) is 7.05 Å². The number of carbonyl (C=O) groups is 2. The van der Waals surface area contributed by atoms with Crippen molar-refractivity contribution in [3.05, 3.63) is 0 Å². The van der Waals surface area contributed by atoms with E-state index in [2.05, 4.69) is 20.9 Å². The van der Waals surface area contributed by atoms with E-state index in [1.54, 1.807) is 0 Å². The molecule has 0 bridgehead atoms. The van der Waals surface area contributed by atoms with Crippen molar-refractivity contribution < 1.29 is 14.3 Å². The Bertz CT molecular complexity index is 283. The van der Waals surface area contributed by atoms with Crippen LogP contribution in [0, 0.1) is 0 Å². The van der Waals surface area contributed by atoms with Crippen LogP contribution in [0.1, 0.15) is 6.42 Å². The van der Waals surface area contributed by atoms with Gasteiger partial charge in [0.1, 0.15) is 0 Å². The van der Waals surface area contributed by atoms with Gasteiger partial charge < -0.3 is 15.4 Å². The number of hydrogen-bond acceptors (Lipinski definition) is 5. The molecule has 1 saturated heterocycles. The molecule has 104 valence electrons. The fourth-order valence-electron chi connectivity index (χ4n) is 1.85. The first-order valence-corrected chi connectivity index (χ1v) is 6.15. The van der Waals surface area contributed by atoms with Crippen LogP contribution < -0.4 is 16.0 Å². The topological polar surface area (TPSA) is 82.7 Å². The maximum absolute atomic E-state index is 11.4. The molecule has 0 radical (unpaired) electrons. The molecule has 7 heteroatoms. The number of imide groups is 1. The van der Waals surface area contributed by atoms with Crippen LogP contribution in [-0.2, 0) is 9.53 Å². The highest BCUT2D eigenvalue weighted by Crippen LogP contribution is 2.04. The second kappa shape index (κ2) is 8.02. The van der Waals surface area contributed by atoms with Gasteiger partial charge in [0.2, 0.25) is 5.91 Å². The zero-order valence-electron chi connectivity index (χ0n) is 11.0. The van der Waals surface area contributed by atoms with Crippen LogP contribution >= 0.6 is 0 Å². The fraction of sp³-hybridized carbons (Fsp3) is 0.818. The second-order valence-electron chi connectivity index (χ2n) is 4.23. The van der Waals surface area contributed by atoms with Gasteiger partial charge in [-0.2, -0.15) is 0 Å². The minimum Gasteiger partial charge on any atom is -0.374 e. The van der Waals surface area contributed by atoms with E-state index in [-0.39, 0.29) is 12.0 Å². The molecule has 7 nitrogen and oxygen atoms in total. The van der Waals surface area contributed by atoms with Gasteiger partial charge in [0.25, 0.3) is 0 Å². The van der Waals surface area contributed by atoms with E-state index in [1.165, 1.54) is 7.05 Å². The van der Waals surface area contributed by atoms with Gasteiger partial charge >= 0.3 is 6.03 Å². The van der Waals surface area contributed by atoms with Crippen molar-refractivity contribution in [2.24, 2.45) is 0 Å². The van der Waals surface area contributed by atoms with Gasteiger partial charge in [0.15, 0.2) is 0 Å². The fourth-order valence-corrected chi connectivity index (χ4v) is 1.85. The van der Waals surface area contributed by atoms with E-state index in [1.807, 2.05) is 7.05 Å². The van der Waals surface area contributed by atoms with E-state index in [0.29, 0.717) is 19.6 Å². The van der Waals surface area contributed by atoms with Crippen molar-refractivity contribution in [3.63, 3.8) is 0 Å². The lowest BCUT2D eigenvalue weighted by Gasteiger charge is -2.32. The van der Waals surface area contributed by atoms with Crippen molar-refractivity contribution in [3.8, 4) is 0 Å². The Hall–Kier alpha value is -1.18. The Morgan fingerprint density at radius 1 is 1.39 bits per heavy atom. The molecule has 0 aliphatic carbocycles. The van der Waals surface area contributed by atoms with Crippen LogP contribution in [0.25, 0.3) is 0 Å². The molecule has 0 aromatic carbocycles. The van der Waals surface area contributed by atoms with E-state index in [9.17, 15) is 9.59 Å².